The molecule has 1 saturated heterocycles. The quantitative estimate of drug-likeness (QED) is 0.297. The van der Waals surface area contributed by atoms with Crippen molar-refractivity contribution in [1.82, 2.24) is 34.8 Å². The summed E-state index contributed by atoms with van der Waals surface area (Å²) in [5.74, 6) is 2.75. The first-order chi connectivity index (χ1) is 16.7. The van der Waals surface area contributed by atoms with E-state index in [4.69, 9.17) is 5.73 Å². The van der Waals surface area contributed by atoms with Gasteiger partial charge in [0.25, 0.3) is 0 Å². The minimum absolute atomic E-state index is 0.279. The molecule has 34 heavy (non-hydrogen) atoms. The molecular weight excluding hydrogens is 448 g/mol. The standard InChI is InChI=1S/C24H30N8OS/c25-24-23-22(27-16-28-24)18(9-26-23)11-31-12-19(21(33)14-31)15-34-8-4-7-20-13-32(30-29-20)10-17-5-2-1-3-6-17/h1-3,5-6,9,13,16,19,21,26,33H,4,7-8,10-12,14-15H2,(H2,25,27,28)/t19-,21+/m1/s1. The van der Waals surface area contributed by atoms with Gasteiger partial charge in [-0.3, -0.25) is 4.90 Å². The van der Waals surface area contributed by atoms with Gasteiger partial charge in [-0.1, -0.05) is 35.5 Å². The number of aryl methyl sites for hydroxylation is 1. The predicted octanol–water partition coefficient (Wildman–Crippen LogP) is 2.34. The normalized spacial score (nSPS) is 18.7. The zero-order valence-electron chi connectivity index (χ0n) is 19.0. The molecule has 1 aliphatic heterocycles. The van der Waals surface area contributed by atoms with E-state index in [1.807, 2.05) is 47.0 Å². The van der Waals surface area contributed by atoms with E-state index < -0.39 is 0 Å². The van der Waals surface area contributed by atoms with Crippen LogP contribution in [0.4, 0.5) is 5.82 Å². The first-order valence-electron chi connectivity index (χ1n) is 11.6. The van der Waals surface area contributed by atoms with Gasteiger partial charge in [0.05, 0.1) is 23.9 Å². The van der Waals surface area contributed by atoms with E-state index in [0.717, 1.165) is 66.3 Å². The Kier molecular flexibility index (Phi) is 7.08. The number of hydrogen-bond donors (Lipinski definition) is 3. The van der Waals surface area contributed by atoms with Crippen molar-refractivity contribution in [2.75, 3.05) is 30.3 Å². The van der Waals surface area contributed by atoms with Crippen molar-refractivity contribution >= 4 is 28.6 Å². The number of nitrogens with zero attached hydrogens (tertiary/aromatic N) is 6. The molecule has 4 aromatic rings. The number of nitrogen functional groups attached to an aromatic ring is 1. The second-order valence-electron chi connectivity index (χ2n) is 8.89. The third-order valence-electron chi connectivity index (χ3n) is 6.27. The highest BCUT2D eigenvalue weighted by atomic mass is 32.2. The Morgan fingerprint density at radius 1 is 1.15 bits per heavy atom. The van der Waals surface area contributed by atoms with Gasteiger partial charge < -0.3 is 15.8 Å². The largest absolute Gasteiger partial charge is 0.391 e. The van der Waals surface area contributed by atoms with Gasteiger partial charge in [0.2, 0.25) is 0 Å². The Hall–Kier alpha value is -2.95. The molecule has 0 radical (unpaired) electrons. The third kappa shape index (κ3) is 5.40. The number of β-amino-alcohol motifs (C(OH)–C–C–N with tert-alkyl or cyclic N) is 1. The van der Waals surface area contributed by atoms with Gasteiger partial charge in [-0.05, 0) is 29.9 Å². The van der Waals surface area contributed by atoms with Crippen molar-refractivity contribution < 1.29 is 5.11 Å². The second-order valence-corrected chi connectivity index (χ2v) is 10.0. The summed E-state index contributed by atoms with van der Waals surface area (Å²) in [4.78, 5) is 13.9. The van der Waals surface area contributed by atoms with Crippen LogP contribution >= 0.6 is 11.8 Å². The maximum Gasteiger partial charge on any atom is 0.151 e. The van der Waals surface area contributed by atoms with Crippen molar-refractivity contribution in [2.24, 2.45) is 5.92 Å². The monoisotopic (exact) mass is 478 g/mol. The minimum atomic E-state index is -0.296. The van der Waals surface area contributed by atoms with Crippen LogP contribution in [0.5, 0.6) is 0 Å². The predicted molar refractivity (Wildman–Crippen MR) is 134 cm³/mol. The number of aliphatic hydroxyl groups is 1. The number of rotatable bonds is 10. The number of benzene rings is 1. The molecule has 10 heteroatoms. The van der Waals surface area contributed by atoms with E-state index >= 15 is 0 Å². The van der Waals surface area contributed by atoms with Gasteiger partial charge >= 0.3 is 0 Å². The SMILES string of the molecule is Nc1ncnc2c(CN3C[C@H](CSCCCc4cn(Cc5ccccc5)nn4)[C@@H](O)C3)c[nH]c12. The molecule has 1 aromatic carbocycles. The fourth-order valence-corrected chi connectivity index (χ4v) is 5.64. The molecule has 0 aliphatic carbocycles. The van der Waals surface area contributed by atoms with Crippen molar-refractivity contribution in [2.45, 2.75) is 32.0 Å². The molecule has 0 spiro atoms. The Labute approximate surface area is 202 Å². The molecule has 178 valence electrons. The number of anilines is 1. The number of aliphatic hydroxyl groups excluding tert-OH is 1. The van der Waals surface area contributed by atoms with E-state index in [1.54, 1.807) is 0 Å². The van der Waals surface area contributed by atoms with Gasteiger partial charge in [0, 0.05) is 43.5 Å². The Bertz CT molecular complexity index is 1210. The molecule has 9 nitrogen and oxygen atoms in total. The van der Waals surface area contributed by atoms with Crippen LogP contribution in [0.15, 0.2) is 49.1 Å². The third-order valence-corrected chi connectivity index (χ3v) is 7.52. The van der Waals surface area contributed by atoms with E-state index in [0.29, 0.717) is 12.4 Å². The molecule has 2 atom stereocenters. The van der Waals surface area contributed by atoms with E-state index in [2.05, 4.69) is 42.3 Å². The van der Waals surface area contributed by atoms with Crippen LogP contribution in [-0.2, 0) is 19.5 Å². The van der Waals surface area contributed by atoms with Gasteiger partial charge in [0.1, 0.15) is 11.8 Å². The Balaban J connectivity index is 1.03. The average molecular weight is 479 g/mol. The molecule has 4 N–H and O–H groups in total. The van der Waals surface area contributed by atoms with E-state index in [1.165, 1.54) is 11.9 Å². The fourth-order valence-electron chi connectivity index (χ4n) is 4.50. The highest BCUT2D eigenvalue weighted by Crippen LogP contribution is 2.26. The molecule has 1 fully saturated rings. The minimum Gasteiger partial charge on any atom is -0.391 e. The average Bonchev–Trinajstić information content (AvgIpc) is 3.55. The van der Waals surface area contributed by atoms with Crippen molar-refractivity contribution in [1.29, 1.82) is 0 Å². The lowest BCUT2D eigenvalue weighted by molar-refractivity contribution is 0.149. The number of aromatic nitrogens is 6. The molecule has 0 amide bonds. The number of likely N-dealkylation sites (tertiary alicyclic amines) is 1. The molecule has 1 aliphatic rings. The number of H-pyrrole nitrogens is 1. The van der Waals surface area contributed by atoms with Crippen molar-refractivity contribution in [3.8, 4) is 0 Å². The summed E-state index contributed by atoms with van der Waals surface area (Å²) in [7, 11) is 0. The zero-order chi connectivity index (χ0) is 23.3. The molecule has 5 rings (SSSR count). The number of nitrogens with one attached hydrogen (secondary N) is 1. The molecule has 3 aromatic heterocycles. The number of thioether (sulfide) groups is 1. The van der Waals surface area contributed by atoms with Crippen molar-refractivity contribution in [3.63, 3.8) is 0 Å². The maximum atomic E-state index is 10.6. The topological polar surface area (TPSA) is 122 Å². The molecular formula is C24H30N8OS. The Morgan fingerprint density at radius 3 is 2.91 bits per heavy atom. The summed E-state index contributed by atoms with van der Waals surface area (Å²) >= 11 is 1.91. The van der Waals surface area contributed by atoms with Gasteiger partial charge in [-0.25, -0.2) is 14.6 Å². The lowest BCUT2D eigenvalue weighted by Crippen LogP contribution is -2.21. The summed E-state index contributed by atoms with van der Waals surface area (Å²) in [6.45, 7) is 3.06. The van der Waals surface area contributed by atoms with Crippen LogP contribution in [0, 0.1) is 5.92 Å². The van der Waals surface area contributed by atoms with Gasteiger partial charge in [0.15, 0.2) is 5.82 Å². The van der Waals surface area contributed by atoms with Crippen LogP contribution in [0.25, 0.3) is 11.0 Å². The van der Waals surface area contributed by atoms with Crippen LogP contribution in [0.2, 0.25) is 0 Å². The van der Waals surface area contributed by atoms with Crippen LogP contribution in [0.3, 0.4) is 0 Å². The molecule has 0 unspecified atom stereocenters. The summed E-state index contributed by atoms with van der Waals surface area (Å²) in [6.07, 6.45) is 7.16. The van der Waals surface area contributed by atoms with Gasteiger partial charge in [-0.2, -0.15) is 11.8 Å². The number of hydrogen-bond acceptors (Lipinski definition) is 8. The summed E-state index contributed by atoms with van der Waals surface area (Å²) < 4.78 is 1.90. The van der Waals surface area contributed by atoms with Crippen LogP contribution in [0.1, 0.15) is 23.2 Å². The molecule has 4 heterocycles. The van der Waals surface area contributed by atoms with Crippen molar-refractivity contribution in [3.05, 3.63) is 65.9 Å². The highest BCUT2D eigenvalue weighted by Gasteiger charge is 2.31. The zero-order valence-corrected chi connectivity index (χ0v) is 19.9. The smallest absolute Gasteiger partial charge is 0.151 e. The summed E-state index contributed by atoms with van der Waals surface area (Å²) in [6, 6.07) is 10.3. The van der Waals surface area contributed by atoms with E-state index in [-0.39, 0.29) is 12.0 Å². The maximum absolute atomic E-state index is 10.6. The lowest BCUT2D eigenvalue weighted by Gasteiger charge is -2.15. The fraction of sp³-hybridized carbons (Fsp3) is 0.417. The first-order valence-corrected chi connectivity index (χ1v) is 12.8. The number of fused-ring (bicyclic) bond motifs is 1. The lowest BCUT2D eigenvalue weighted by atomic mass is 10.1. The highest BCUT2D eigenvalue weighted by molar-refractivity contribution is 7.99. The van der Waals surface area contributed by atoms with Gasteiger partial charge in [-0.15, -0.1) is 5.10 Å². The number of nitrogens with two attached hydrogens (primary N) is 1. The summed E-state index contributed by atoms with van der Waals surface area (Å²) in [5, 5.41) is 19.1. The second kappa shape index (κ2) is 10.5. The first kappa shape index (κ1) is 22.8. The molecule has 0 saturated carbocycles. The summed E-state index contributed by atoms with van der Waals surface area (Å²) in [5.41, 5.74) is 10.9. The number of aromatic amines is 1. The Morgan fingerprint density at radius 2 is 2.03 bits per heavy atom. The van der Waals surface area contributed by atoms with Crippen LogP contribution in [-0.4, -0.2) is 70.7 Å². The van der Waals surface area contributed by atoms with E-state index in [9.17, 15) is 5.11 Å². The molecule has 0 bridgehead atoms. The van der Waals surface area contributed by atoms with Crippen LogP contribution < -0.4 is 5.73 Å².